The normalized spacial score (nSPS) is 32.9. The molecule has 17 heavy (non-hydrogen) atoms. The quantitative estimate of drug-likeness (QED) is 0.385. The van der Waals surface area contributed by atoms with Crippen LogP contribution in [0.25, 0.3) is 0 Å². The molecule has 8 heteroatoms. The van der Waals surface area contributed by atoms with Crippen LogP contribution in [-0.4, -0.2) is 44.1 Å². The summed E-state index contributed by atoms with van der Waals surface area (Å²) in [7, 11) is 0. The third-order valence-corrected chi connectivity index (χ3v) is 2.68. The highest BCUT2D eigenvalue weighted by Gasteiger charge is 2.47. The monoisotopic (exact) mass is 244 g/mol. The summed E-state index contributed by atoms with van der Waals surface area (Å²) in [6.07, 6.45) is -1.29. The van der Waals surface area contributed by atoms with Crippen LogP contribution >= 0.6 is 0 Å². The van der Waals surface area contributed by atoms with Crippen LogP contribution in [0, 0.1) is 0 Å². The van der Waals surface area contributed by atoms with Gasteiger partial charge in [0.1, 0.15) is 6.10 Å². The summed E-state index contributed by atoms with van der Waals surface area (Å²) in [4.78, 5) is 26.4. The second-order valence-corrected chi connectivity index (χ2v) is 3.88. The molecule has 1 fully saturated rings. The number of hydrogen-bond acceptors (Lipinski definition) is 6. The highest BCUT2D eigenvalue weighted by atomic mass is 16.7. The molecule has 0 unspecified atom stereocenters. The van der Waals surface area contributed by atoms with Crippen LogP contribution in [0.2, 0.25) is 0 Å². The van der Waals surface area contributed by atoms with E-state index in [0.29, 0.717) is 0 Å². The Labute approximate surface area is 94.5 Å². The van der Waals surface area contributed by atoms with E-state index in [2.05, 4.69) is 4.98 Å². The van der Waals surface area contributed by atoms with Gasteiger partial charge >= 0.3 is 5.69 Å². The molecule has 8 nitrogen and oxygen atoms in total. The van der Waals surface area contributed by atoms with Crippen LogP contribution in [0.15, 0.2) is 15.8 Å². The first-order valence-electron chi connectivity index (χ1n) is 4.98. The molecular formula is C9H12N2O6. The van der Waals surface area contributed by atoms with Crippen LogP contribution in [0.5, 0.6) is 0 Å². The number of aromatic nitrogens is 2. The summed E-state index contributed by atoms with van der Waals surface area (Å²) >= 11 is 0. The highest BCUT2D eigenvalue weighted by molar-refractivity contribution is 5.14. The molecule has 1 aromatic heterocycles. The number of aliphatic hydroxyl groups excluding tert-OH is 2. The van der Waals surface area contributed by atoms with Crippen molar-refractivity contribution < 1.29 is 20.1 Å². The van der Waals surface area contributed by atoms with Crippen molar-refractivity contribution in [3.8, 4) is 0 Å². The summed E-state index contributed by atoms with van der Waals surface area (Å²) in [5.74, 6) is -2.01. The standard InChI is InChI=1S/C9H12N2O6/c12-3-6-5(13)1-9(16,17-6)4-2-10-8(15)11-7(4)14/h2,5-6,12-13,16H,1,3H2,(H2,10,11,14,15)/t5-,6+,9-/m0/s1. The third kappa shape index (κ3) is 2.03. The smallest absolute Gasteiger partial charge is 0.325 e. The topological polar surface area (TPSA) is 136 Å². The van der Waals surface area contributed by atoms with Gasteiger partial charge in [-0.15, -0.1) is 0 Å². The molecule has 1 aliphatic rings. The second kappa shape index (κ2) is 4.08. The zero-order valence-electron chi connectivity index (χ0n) is 8.71. The van der Waals surface area contributed by atoms with Crippen LogP contribution < -0.4 is 11.2 Å². The van der Waals surface area contributed by atoms with E-state index in [1.165, 1.54) is 0 Å². The van der Waals surface area contributed by atoms with Gasteiger partial charge in [0, 0.05) is 12.6 Å². The zero-order valence-corrected chi connectivity index (χ0v) is 8.71. The summed E-state index contributed by atoms with van der Waals surface area (Å²) < 4.78 is 5.03. The number of H-pyrrole nitrogens is 2. The Kier molecular flexibility index (Phi) is 2.87. The average molecular weight is 244 g/mol. The maximum Gasteiger partial charge on any atom is 0.325 e. The molecule has 0 saturated carbocycles. The largest absolute Gasteiger partial charge is 0.394 e. The van der Waals surface area contributed by atoms with Gasteiger partial charge in [-0.2, -0.15) is 0 Å². The first kappa shape index (κ1) is 12.0. The number of rotatable bonds is 2. The number of hydrogen-bond donors (Lipinski definition) is 5. The zero-order chi connectivity index (χ0) is 12.6. The fourth-order valence-electron chi connectivity index (χ4n) is 1.82. The minimum Gasteiger partial charge on any atom is -0.394 e. The molecule has 2 rings (SSSR count). The van der Waals surface area contributed by atoms with Crippen molar-refractivity contribution in [3.63, 3.8) is 0 Å². The van der Waals surface area contributed by atoms with Crippen LogP contribution in [-0.2, 0) is 10.5 Å². The van der Waals surface area contributed by atoms with Crippen molar-refractivity contribution in [1.29, 1.82) is 0 Å². The Hall–Kier alpha value is -1.48. The maximum absolute atomic E-state index is 11.5. The number of aromatic amines is 2. The Morgan fingerprint density at radius 2 is 2.24 bits per heavy atom. The summed E-state index contributed by atoms with van der Waals surface area (Å²) in [6.45, 7) is -0.481. The molecule has 5 N–H and O–H groups in total. The van der Waals surface area contributed by atoms with Gasteiger partial charge in [0.2, 0.25) is 5.79 Å². The Morgan fingerprint density at radius 3 is 2.76 bits per heavy atom. The predicted molar refractivity (Wildman–Crippen MR) is 54.2 cm³/mol. The van der Waals surface area contributed by atoms with Crippen LogP contribution in [0.4, 0.5) is 0 Å². The van der Waals surface area contributed by atoms with E-state index in [9.17, 15) is 19.8 Å². The van der Waals surface area contributed by atoms with Gasteiger partial charge < -0.3 is 25.0 Å². The predicted octanol–water partition coefficient (Wildman–Crippen LogP) is -2.65. The van der Waals surface area contributed by atoms with Crippen LogP contribution in [0.3, 0.4) is 0 Å². The van der Waals surface area contributed by atoms with Gasteiger partial charge in [0.15, 0.2) is 0 Å². The maximum atomic E-state index is 11.5. The Balaban J connectivity index is 2.40. The average Bonchev–Trinajstić information content (AvgIpc) is 2.54. The molecular weight excluding hydrogens is 232 g/mol. The van der Waals surface area contributed by atoms with E-state index in [1.807, 2.05) is 4.98 Å². The van der Waals surface area contributed by atoms with Crippen LogP contribution in [0.1, 0.15) is 12.0 Å². The molecule has 1 aromatic rings. The lowest BCUT2D eigenvalue weighted by Crippen LogP contribution is -2.36. The lowest BCUT2D eigenvalue weighted by molar-refractivity contribution is -0.207. The van der Waals surface area contributed by atoms with Gasteiger partial charge in [0.25, 0.3) is 5.56 Å². The van der Waals surface area contributed by atoms with Gasteiger partial charge in [-0.1, -0.05) is 0 Å². The highest BCUT2D eigenvalue weighted by Crippen LogP contribution is 2.34. The fourth-order valence-corrected chi connectivity index (χ4v) is 1.82. The van der Waals surface area contributed by atoms with Crippen molar-refractivity contribution >= 4 is 0 Å². The molecule has 0 aromatic carbocycles. The molecule has 2 heterocycles. The minimum atomic E-state index is -2.01. The molecule has 1 aliphatic heterocycles. The van der Waals surface area contributed by atoms with E-state index in [4.69, 9.17) is 9.84 Å². The van der Waals surface area contributed by atoms with E-state index in [-0.39, 0.29) is 12.0 Å². The van der Waals surface area contributed by atoms with Crippen molar-refractivity contribution in [2.75, 3.05) is 6.61 Å². The summed E-state index contributed by atoms with van der Waals surface area (Å²) in [5, 5.41) is 28.5. The first-order valence-corrected chi connectivity index (χ1v) is 4.98. The molecule has 0 spiro atoms. The molecule has 0 radical (unpaired) electrons. The van der Waals surface area contributed by atoms with E-state index >= 15 is 0 Å². The number of nitrogens with one attached hydrogen (secondary N) is 2. The van der Waals surface area contributed by atoms with Crippen molar-refractivity contribution in [3.05, 3.63) is 32.6 Å². The van der Waals surface area contributed by atoms with E-state index < -0.39 is 35.9 Å². The number of ether oxygens (including phenoxy) is 1. The summed E-state index contributed by atoms with van der Waals surface area (Å²) in [5.41, 5.74) is -1.73. The van der Waals surface area contributed by atoms with Gasteiger partial charge in [-0.05, 0) is 0 Å². The van der Waals surface area contributed by atoms with Crippen molar-refractivity contribution in [2.24, 2.45) is 0 Å². The first-order chi connectivity index (χ1) is 7.96. The van der Waals surface area contributed by atoms with Gasteiger partial charge in [-0.3, -0.25) is 9.78 Å². The van der Waals surface area contributed by atoms with Crippen molar-refractivity contribution in [1.82, 2.24) is 9.97 Å². The Morgan fingerprint density at radius 1 is 1.53 bits per heavy atom. The van der Waals surface area contributed by atoms with Gasteiger partial charge in [0.05, 0.1) is 18.3 Å². The minimum absolute atomic E-state index is 0.216. The molecule has 1 saturated heterocycles. The fraction of sp³-hybridized carbons (Fsp3) is 0.556. The lowest BCUT2D eigenvalue weighted by atomic mass is 10.0. The third-order valence-electron chi connectivity index (χ3n) is 2.68. The molecule has 94 valence electrons. The molecule has 0 aliphatic carbocycles. The molecule has 0 amide bonds. The Bertz CT molecular complexity index is 523. The molecule has 0 bridgehead atoms. The van der Waals surface area contributed by atoms with E-state index in [0.717, 1.165) is 6.20 Å². The van der Waals surface area contributed by atoms with Crippen molar-refractivity contribution in [2.45, 2.75) is 24.4 Å². The SMILES string of the molecule is O=c1[nH]cc([C@]2(O)C[C@H](O)[C@@H](CO)O2)c(=O)[nH]1. The van der Waals surface area contributed by atoms with Gasteiger partial charge in [-0.25, -0.2) is 4.79 Å². The summed E-state index contributed by atoms with van der Waals surface area (Å²) in [6, 6.07) is 0. The second-order valence-electron chi connectivity index (χ2n) is 3.88. The number of aliphatic hydroxyl groups is 3. The van der Waals surface area contributed by atoms with E-state index in [1.54, 1.807) is 0 Å². The lowest BCUT2D eigenvalue weighted by Gasteiger charge is -2.21. The molecule has 3 atom stereocenters.